The Kier molecular flexibility index (Phi) is 6.85. The van der Waals surface area contributed by atoms with Crippen molar-refractivity contribution in [2.75, 3.05) is 19.8 Å². The lowest BCUT2D eigenvalue weighted by Gasteiger charge is -2.52. The SMILES string of the molecule is CC12CCC(=O)C=C1CCC1C2=CCC2(O)C(C(=O)COC(=O)OCCCOC(=O)O)CCC12. The minimum atomic E-state index is -1.40. The lowest BCUT2D eigenvalue weighted by molar-refractivity contribution is -0.138. The van der Waals surface area contributed by atoms with Crippen molar-refractivity contribution >= 4 is 23.9 Å². The smallest absolute Gasteiger partial charge is 0.450 e. The number of carboxylic acid groups (broad SMARTS) is 1. The number of hydrogen-bond acceptors (Lipinski definition) is 8. The van der Waals surface area contributed by atoms with Crippen molar-refractivity contribution in [1.82, 2.24) is 0 Å². The summed E-state index contributed by atoms with van der Waals surface area (Å²) in [5, 5.41) is 20.0. The summed E-state index contributed by atoms with van der Waals surface area (Å²) in [4.78, 5) is 46.9. The highest BCUT2D eigenvalue weighted by Crippen LogP contribution is 2.61. The standard InChI is InChI=1S/C25H32O9/c1-24-9-7-16(26)13-15(24)3-4-17-18(24)8-10-25(31)19(17)5-6-20(25)21(27)14-34-23(30)33-12-2-11-32-22(28)29/h8,13,17,19-20,31H,2-7,9-12,14H2,1H3,(H,28,29). The van der Waals surface area contributed by atoms with Crippen molar-refractivity contribution in [1.29, 1.82) is 0 Å². The van der Waals surface area contributed by atoms with E-state index < -0.39 is 30.4 Å². The van der Waals surface area contributed by atoms with Crippen molar-refractivity contribution in [3.8, 4) is 0 Å². The van der Waals surface area contributed by atoms with Gasteiger partial charge < -0.3 is 24.4 Å². The Labute approximate surface area is 198 Å². The summed E-state index contributed by atoms with van der Waals surface area (Å²) in [5.41, 5.74) is 1.22. The van der Waals surface area contributed by atoms with Gasteiger partial charge in [-0.3, -0.25) is 9.59 Å². The van der Waals surface area contributed by atoms with Crippen LogP contribution in [0.3, 0.4) is 0 Å². The zero-order chi connectivity index (χ0) is 24.5. The molecule has 0 aromatic heterocycles. The Morgan fingerprint density at radius 2 is 1.85 bits per heavy atom. The molecule has 0 radical (unpaired) electrons. The van der Waals surface area contributed by atoms with E-state index in [1.807, 2.05) is 6.08 Å². The maximum atomic E-state index is 12.9. The molecule has 4 aliphatic carbocycles. The average molecular weight is 477 g/mol. The van der Waals surface area contributed by atoms with Gasteiger partial charge in [0, 0.05) is 18.3 Å². The summed E-state index contributed by atoms with van der Waals surface area (Å²) in [6.07, 6.45) is 6.38. The van der Waals surface area contributed by atoms with Crippen LogP contribution < -0.4 is 0 Å². The second-order valence-electron chi connectivity index (χ2n) is 10.0. The van der Waals surface area contributed by atoms with Crippen LogP contribution >= 0.6 is 0 Å². The monoisotopic (exact) mass is 476 g/mol. The van der Waals surface area contributed by atoms with Gasteiger partial charge in [0.2, 0.25) is 0 Å². The Balaban J connectivity index is 1.35. The van der Waals surface area contributed by atoms with Gasteiger partial charge in [-0.1, -0.05) is 24.1 Å². The van der Waals surface area contributed by atoms with E-state index in [4.69, 9.17) is 14.6 Å². The molecule has 0 bridgehead atoms. The predicted octanol–water partition coefficient (Wildman–Crippen LogP) is 3.59. The molecule has 2 fully saturated rings. The first-order chi connectivity index (χ1) is 16.1. The number of ether oxygens (including phenoxy) is 3. The number of carbonyl (C=O) groups excluding carboxylic acids is 3. The van der Waals surface area contributed by atoms with Crippen LogP contribution in [0.5, 0.6) is 0 Å². The van der Waals surface area contributed by atoms with Crippen LogP contribution in [0.15, 0.2) is 23.3 Å². The summed E-state index contributed by atoms with van der Waals surface area (Å²) in [5.74, 6) is -0.578. The van der Waals surface area contributed by atoms with E-state index in [1.165, 1.54) is 11.1 Å². The molecule has 0 aliphatic heterocycles. The van der Waals surface area contributed by atoms with E-state index in [-0.39, 0.29) is 48.5 Å². The molecule has 0 saturated heterocycles. The van der Waals surface area contributed by atoms with Gasteiger partial charge in [0.15, 0.2) is 18.2 Å². The van der Waals surface area contributed by atoms with Gasteiger partial charge >= 0.3 is 12.3 Å². The van der Waals surface area contributed by atoms with Crippen molar-refractivity contribution in [3.05, 3.63) is 23.3 Å². The highest BCUT2D eigenvalue weighted by Gasteiger charge is 2.59. The fourth-order valence-electron chi connectivity index (χ4n) is 6.61. The van der Waals surface area contributed by atoms with E-state index in [1.54, 1.807) is 0 Å². The number of ketones is 2. The summed E-state index contributed by atoms with van der Waals surface area (Å²) < 4.78 is 14.1. The van der Waals surface area contributed by atoms with Gasteiger partial charge in [-0.05, 0) is 56.4 Å². The molecule has 0 amide bonds. The molecule has 5 atom stereocenters. The van der Waals surface area contributed by atoms with E-state index in [0.29, 0.717) is 19.3 Å². The Hall–Kier alpha value is -2.68. The van der Waals surface area contributed by atoms with Crippen LogP contribution in [0, 0.1) is 23.2 Å². The zero-order valence-electron chi connectivity index (χ0n) is 19.4. The van der Waals surface area contributed by atoms with E-state index in [9.17, 15) is 24.3 Å². The van der Waals surface area contributed by atoms with Crippen molar-refractivity contribution in [2.24, 2.45) is 23.2 Å². The number of fused-ring (bicyclic) bond motifs is 5. The highest BCUT2D eigenvalue weighted by atomic mass is 16.7. The Bertz CT molecular complexity index is 935. The van der Waals surface area contributed by atoms with Gasteiger partial charge in [-0.25, -0.2) is 9.59 Å². The number of aliphatic hydroxyl groups is 1. The molecule has 186 valence electrons. The van der Waals surface area contributed by atoms with E-state index >= 15 is 0 Å². The van der Waals surface area contributed by atoms with Crippen molar-refractivity contribution in [3.63, 3.8) is 0 Å². The molecular weight excluding hydrogens is 444 g/mol. The van der Waals surface area contributed by atoms with Crippen LogP contribution in [0.2, 0.25) is 0 Å². The van der Waals surface area contributed by atoms with Gasteiger partial charge in [0.05, 0.1) is 24.7 Å². The number of allylic oxidation sites excluding steroid dienone is 3. The molecule has 0 spiro atoms. The van der Waals surface area contributed by atoms with E-state index in [0.717, 1.165) is 25.7 Å². The highest BCUT2D eigenvalue weighted by molar-refractivity contribution is 5.92. The normalized spacial score (nSPS) is 34.1. The second kappa shape index (κ2) is 9.52. The second-order valence-corrected chi connectivity index (χ2v) is 10.0. The van der Waals surface area contributed by atoms with Gasteiger partial charge in [0.25, 0.3) is 0 Å². The fourth-order valence-corrected chi connectivity index (χ4v) is 6.61. The van der Waals surface area contributed by atoms with Crippen LogP contribution in [0.4, 0.5) is 9.59 Å². The van der Waals surface area contributed by atoms with Crippen molar-refractivity contribution in [2.45, 2.75) is 63.9 Å². The molecule has 0 aromatic carbocycles. The first kappa shape index (κ1) is 24.4. The third-order valence-corrected chi connectivity index (χ3v) is 8.28. The van der Waals surface area contributed by atoms with Crippen LogP contribution in [0.25, 0.3) is 0 Å². The quantitative estimate of drug-likeness (QED) is 0.321. The van der Waals surface area contributed by atoms with Crippen LogP contribution in [0.1, 0.15) is 58.3 Å². The Morgan fingerprint density at radius 3 is 2.62 bits per heavy atom. The van der Waals surface area contributed by atoms with Crippen molar-refractivity contribution < 1.29 is 43.6 Å². The topological polar surface area (TPSA) is 136 Å². The molecule has 34 heavy (non-hydrogen) atoms. The number of hydrogen-bond donors (Lipinski definition) is 2. The number of rotatable bonds is 7. The lowest BCUT2D eigenvalue weighted by Crippen LogP contribution is -2.51. The lowest BCUT2D eigenvalue weighted by atomic mass is 9.53. The number of carbonyl (C=O) groups is 4. The summed E-state index contributed by atoms with van der Waals surface area (Å²) in [6, 6.07) is 0. The van der Waals surface area contributed by atoms with Gasteiger partial charge in [-0.2, -0.15) is 0 Å². The minimum absolute atomic E-state index is 0.0290. The fraction of sp³-hybridized carbons (Fsp3) is 0.680. The molecule has 2 saturated carbocycles. The molecule has 2 N–H and O–H groups in total. The number of Topliss-reactive ketones (excluding diaryl/α,β-unsaturated/α-hetero) is 1. The molecule has 0 aromatic rings. The average Bonchev–Trinajstić information content (AvgIpc) is 3.15. The first-order valence-corrected chi connectivity index (χ1v) is 12.0. The predicted molar refractivity (Wildman–Crippen MR) is 118 cm³/mol. The maximum Gasteiger partial charge on any atom is 0.508 e. The first-order valence-electron chi connectivity index (χ1n) is 12.0. The molecule has 9 nitrogen and oxygen atoms in total. The molecule has 4 rings (SSSR count). The summed E-state index contributed by atoms with van der Waals surface area (Å²) in [6.45, 7) is 1.53. The summed E-state index contributed by atoms with van der Waals surface area (Å²) in [7, 11) is 0. The minimum Gasteiger partial charge on any atom is -0.450 e. The molecule has 4 aliphatic rings. The summed E-state index contributed by atoms with van der Waals surface area (Å²) >= 11 is 0. The van der Waals surface area contributed by atoms with Gasteiger partial charge in [0.1, 0.15) is 0 Å². The van der Waals surface area contributed by atoms with Crippen LogP contribution in [-0.2, 0) is 23.8 Å². The third kappa shape index (κ3) is 4.50. The zero-order valence-corrected chi connectivity index (χ0v) is 19.4. The molecule has 0 heterocycles. The Morgan fingerprint density at radius 1 is 1.09 bits per heavy atom. The van der Waals surface area contributed by atoms with E-state index in [2.05, 4.69) is 17.7 Å². The maximum absolute atomic E-state index is 12.9. The molecule has 5 unspecified atom stereocenters. The molecular formula is C25H32O9. The van der Waals surface area contributed by atoms with Crippen LogP contribution in [-0.4, -0.2) is 59.5 Å². The van der Waals surface area contributed by atoms with Gasteiger partial charge in [-0.15, -0.1) is 0 Å². The largest absolute Gasteiger partial charge is 0.508 e. The third-order valence-electron chi connectivity index (χ3n) is 8.28. The molecule has 9 heteroatoms.